The van der Waals surface area contributed by atoms with Crippen molar-refractivity contribution in [1.29, 1.82) is 0 Å². The highest BCUT2D eigenvalue weighted by molar-refractivity contribution is 5.93. The van der Waals surface area contributed by atoms with Gasteiger partial charge in [-0.3, -0.25) is 9.69 Å². The molecular formula is C25H36N6O3. The molecule has 184 valence electrons. The molecule has 0 spiro atoms. The summed E-state index contributed by atoms with van der Waals surface area (Å²) in [5.41, 5.74) is 8.67. The highest BCUT2D eigenvalue weighted by atomic mass is 16.3. The summed E-state index contributed by atoms with van der Waals surface area (Å²) in [6, 6.07) is 7.40. The van der Waals surface area contributed by atoms with Gasteiger partial charge in [-0.25, -0.2) is 4.98 Å². The number of nitrogens with zero attached hydrogens (tertiary/aromatic N) is 4. The number of pyridine rings is 1. The van der Waals surface area contributed by atoms with Crippen LogP contribution in [0.25, 0.3) is 22.0 Å². The first-order valence-corrected chi connectivity index (χ1v) is 11.7. The molecule has 0 unspecified atom stereocenters. The summed E-state index contributed by atoms with van der Waals surface area (Å²) in [6.45, 7) is 5.22. The second kappa shape index (κ2) is 10.9. The largest absolute Gasteiger partial charge is 0.395 e. The zero-order valence-electron chi connectivity index (χ0n) is 20.5. The number of hydrogen-bond acceptors (Lipinski definition) is 8. The molecular weight excluding hydrogens is 432 g/mol. The zero-order chi connectivity index (χ0) is 24.9. The summed E-state index contributed by atoms with van der Waals surface area (Å²) in [7, 11) is 3.65. The summed E-state index contributed by atoms with van der Waals surface area (Å²) in [5, 5.41) is 23.5. The van der Waals surface area contributed by atoms with E-state index in [1.165, 1.54) is 0 Å². The SMILES string of the molecule is CCCC[C@](C)(CO)Nc1nc(N)nc2cc(-c3cc(=O)n(C)cc3CN(C)CCO)ccc12. The van der Waals surface area contributed by atoms with Crippen LogP contribution in [0.15, 0.2) is 35.3 Å². The van der Waals surface area contributed by atoms with E-state index in [0.29, 0.717) is 24.4 Å². The van der Waals surface area contributed by atoms with Crippen molar-refractivity contribution in [2.24, 2.45) is 7.05 Å². The average Bonchev–Trinajstić information content (AvgIpc) is 2.79. The number of likely N-dealkylation sites (N-methyl/N-ethyl adjacent to an activating group) is 1. The normalized spacial score (nSPS) is 13.4. The molecule has 9 nitrogen and oxygen atoms in total. The molecule has 3 rings (SSSR count). The summed E-state index contributed by atoms with van der Waals surface area (Å²) in [6.07, 6.45) is 4.63. The number of aliphatic hydroxyl groups is 2. The fourth-order valence-corrected chi connectivity index (χ4v) is 4.06. The number of rotatable bonds is 11. The third kappa shape index (κ3) is 5.91. The molecule has 5 N–H and O–H groups in total. The standard InChI is InChI=1S/C25H36N6O3/c1-5-6-9-25(2,16-33)29-23-19-8-7-17(12-21(19)27-24(26)28-23)20-13-22(34)31(4)15-18(20)14-30(3)10-11-32/h7-8,12-13,15,32-33H,5-6,9-11,14,16H2,1-4H3,(H3,26,27,28,29)/t25-/m1/s1. The molecule has 0 fully saturated rings. The number of nitrogens with two attached hydrogens (primary N) is 1. The van der Waals surface area contributed by atoms with E-state index >= 15 is 0 Å². The van der Waals surface area contributed by atoms with Gasteiger partial charge < -0.3 is 25.8 Å². The van der Waals surface area contributed by atoms with E-state index in [0.717, 1.165) is 41.3 Å². The lowest BCUT2D eigenvalue weighted by Crippen LogP contribution is -2.39. The van der Waals surface area contributed by atoms with E-state index in [1.54, 1.807) is 17.7 Å². The fourth-order valence-electron chi connectivity index (χ4n) is 4.06. The molecule has 0 saturated carbocycles. The van der Waals surface area contributed by atoms with Gasteiger partial charge in [-0.1, -0.05) is 25.8 Å². The number of hydrogen-bond donors (Lipinski definition) is 4. The maximum Gasteiger partial charge on any atom is 0.250 e. The summed E-state index contributed by atoms with van der Waals surface area (Å²) < 4.78 is 1.56. The van der Waals surface area contributed by atoms with E-state index in [9.17, 15) is 15.0 Å². The van der Waals surface area contributed by atoms with Crippen LogP contribution in [0.4, 0.5) is 11.8 Å². The monoisotopic (exact) mass is 468 g/mol. The Morgan fingerprint density at radius 2 is 2.00 bits per heavy atom. The Balaban J connectivity index is 2.07. The molecule has 0 aliphatic rings. The Morgan fingerprint density at radius 3 is 2.68 bits per heavy atom. The number of unbranched alkanes of at least 4 members (excludes halogenated alkanes) is 1. The van der Waals surface area contributed by atoms with Crippen molar-refractivity contribution < 1.29 is 10.2 Å². The van der Waals surface area contributed by atoms with Crippen LogP contribution in [-0.4, -0.2) is 62.0 Å². The zero-order valence-corrected chi connectivity index (χ0v) is 20.5. The summed E-state index contributed by atoms with van der Waals surface area (Å²) >= 11 is 0. The van der Waals surface area contributed by atoms with Crippen molar-refractivity contribution in [2.75, 3.05) is 37.9 Å². The maximum atomic E-state index is 12.5. The smallest absolute Gasteiger partial charge is 0.250 e. The number of aryl methyl sites for hydroxylation is 1. The van der Waals surface area contributed by atoms with E-state index < -0.39 is 5.54 Å². The van der Waals surface area contributed by atoms with Crippen LogP contribution in [0.2, 0.25) is 0 Å². The van der Waals surface area contributed by atoms with Gasteiger partial charge in [0.15, 0.2) is 0 Å². The molecule has 2 aromatic heterocycles. The lowest BCUT2D eigenvalue weighted by molar-refractivity contribution is 0.212. The number of benzene rings is 1. The molecule has 0 bridgehead atoms. The molecule has 3 aromatic rings. The van der Waals surface area contributed by atoms with Crippen molar-refractivity contribution >= 4 is 22.7 Å². The Hall–Kier alpha value is -3.01. The topological polar surface area (TPSA) is 130 Å². The number of nitrogens with one attached hydrogen (secondary N) is 1. The predicted octanol–water partition coefficient (Wildman–Crippen LogP) is 2.35. The number of anilines is 2. The molecule has 34 heavy (non-hydrogen) atoms. The molecule has 0 aliphatic heterocycles. The van der Waals surface area contributed by atoms with Gasteiger partial charge in [0, 0.05) is 37.8 Å². The van der Waals surface area contributed by atoms with Gasteiger partial charge in [-0.15, -0.1) is 0 Å². The lowest BCUT2D eigenvalue weighted by Gasteiger charge is -2.30. The Labute approximate surface area is 200 Å². The third-order valence-electron chi connectivity index (χ3n) is 6.11. The second-order valence-electron chi connectivity index (χ2n) is 9.23. The number of aliphatic hydroxyl groups excluding tert-OH is 2. The van der Waals surface area contributed by atoms with E-state index in [4.69, 9.17) is 5.73 Å². The Kier molecular flexibility index (Phi) is 8.24. The minimum atomic E-state index is -0.529. The number of nitrogen functional groups attached to an aromatic ring is 1. The number of aromatic nitrogens is 3. The van der Waals surface area contributed by atoms with Gasteiger partial charge in [0.05, 0.1) is 24.3 Å². The molecule has 1 atom stereocenters. The Morgan fingerprint density at radius 1 is 1.24 bits per heavy atom. The van der Waals surface area contributed by atoms with Crippen LogP contribution in [0.1, 0.15) is 38.7 Å². The van der Waals surface area contributed by atoms with Gasteiger partial charge in [-0.05, 0) is 49.2 Å². The maximum absolute atomic E-state index is 12.5. The second-order valence-corrected chi connectivity index (χ2v) is 9.23. The van der Waals surface area contributed by atoms with Crippen LogP contribution >= 0.6 is 0 Å². The predicted molar refractivity (Wildman–Crippen MR) is 137 cm³/mol. The minimum Gasteiger partial charge on any atom is -0.395 e. The first-order chi connectivity index (χ1) is 16.2. The fraction of sp³-hybridized carbons (Fsp3) is 0.480. The van der Waals surface area contributed by atoms with Crippen molar-refractivity contribution in [3.8, 4) is 11.1 Å². The molecule has 9 heteroatoms. The molecule has 0 amide bonds. The summed E-state index contributed by atoms with van der Waals surface area (Å²) in [4.78, 5) is 23.3. The van der Waals surface area contributed by atoms with Crippen molar-refractivity contribution in [3.05, 3.63) is 46.4 Å². The van der Waals surface area contributed by atoms with Crippen molar-refractivity contribution in [2.45, 2.75) is 45.2 Å². The quantitative estimate of drug-likeness (QED) is 0.337. The molecule has 0 aliphatic carbocycles. The van der Waals surface area contributed by atoms with Crippen LogP contribution in [-0.2, 0) is 13.6 Å². The lowest BCUT2D eigenvalue weighted by atomic mass is 9.95. The Bertz CT molecular complexity index is 1200. The van der Waals surface area contributed by atoms with Gasteiger partial charge in [-0.2, -0.15) is 4.98 Å². The van der Waals surface area contributed by atoms with Gasteiger partial charge in [0.25, 0.3) is 5.56 Å². The van der Waals surface area contributed by atoms with E-state index in [2.05, 4.69) is 22.2 Å². The van der Waals surface area contributed by atoms with Crippen LogP contribution in [0, 0.1) is 0 Å². The van der Waals surface area contributed by atoms with Crippen molar-refractivity contribution in [1.82, 2.24) is 19.4 Å². The van der Waals surface area contributed by atoms with Gasteiger partial charge in [0.1, 0.15) is 5.82 Å². The third-order valence-corrected chi connectivity index (χ3v) is 6.11. The highest BCUT2D eigenvalue weighted by Crippen LogP contribution is 2.31. The molecule has 1 aromatic carbocycles. The molecule has 2 heterocycles. The molecule has 0 saturated heterocycles. The minimum absolute atomic E-state index is 0.0332. The number of fused-ring (bicyclic) bond motifs is 1. The first-order valence-electron chi connectivity index (χ1n) is 11.7. The highest BCUT2D eigenvalue weighted by Gasteiger charge is 2.24. The van der Waals surface area contributed by atoms with Gasteiger partial charge in [0.2, 0.25) is 5.95 Å². The van der Waals surface area contributed by atoms with E-state index in [1.807, 2.05) is 43.3 Å². The summed E-state index contributed by atoms with van der Waals surface area (Å²) in [5.74, 6) is 0.711. The average molecular weight is 469 g/mol. The van der Waals surface area contributed by atoms with Gasteiger partial charge >= 0.3 is 0 Å². The van der Waals surface area contributed by atoms with E-state index in [-0.39, 0.29) is 24.7 Å². The first kappa shape index (κ1) is 25.6. The van der Waals surface area contributed by atoms with Crippen molar-refractivity contribution in [3.63, 3.8) is 0 Å². The van der Waals surface area contributed by atoms with Crippen LogP contribution in [0.3, 0.4) is 0 Å². The van der Waals surface area contributed by atoms with Crippen LogP contribution < -0.4 is 16.6 Å². The molecule has 0 radical (unpaired) electrons. The van der Waals surface area contributed by atoms with Crippen LogP contribution in [0.5, 0.6) is 0 Å².